The summed E-state index contributed by atoms with van der Waals surface area (Å²) in [5, 5.41) is 3.35. The molecule has 2 atom stereocenters. The number of amidine groups is 1. The van der Waals surface area contributed by atoms with Crippen molar-refractivity contribution in [2.24, 2.45) is 10.7 Å². The first-order valence-corrected chi connectivity index (χ1v) is 11.8. The van der Waals surface area contributed by atoms with Crippen LogP contribution < -0.4 is 16.0 Å². The molecule has 4 rings (SSSR count). The first-order chi connectivity index (χ1) is 17.2. The van der Waals surface area contributed by atoms with E-state index in [1.807, 2.05) is 49.2 Å². The molecule has 1 fully saturated rings. The Kier molecular flexibility index (Phi) is 7.95. The molecule has 192 valence electrons. The lowest BCUT2D eigenvalue weighted by molar-refractivity contribution is -0.0931. The molecule has 10 heteroatoms. The number of anilines is 2. The van der Waals surface area contributed by atoms with Gasteiger partial charge in [-0.25, -0.2) is 4.99 Å². The fourth-order valence-corrected chi connectivity index (χ4v) is 4.35. The fourth-order valence-electron chi connectivity index (χ4n) is 4.35. The molecule has 3 N–H and O–H groups in total. The van der Waals surface area contributed by atoms with E-state index in [0.717, 1.165) is 36.7 Å². The molecule has 3 heterocycles. The number of nitrogens with one attached hydrogen (secondary N) is 1. The molecule has 0 radical (unpaired) electrons. The summed E-state index contributed by atoms with van der Waals surface area (Å²) in [4.78, 5) is 13.8. The maximum atomic E-state index is 13.6. The summed E-state index contributed by atoms with van der Waals surface area (Å²) in [5.74, 6) is 0.588. The van der Waals surface area contributed by atoms with Crippen molar-refractivity contribution in [1.82, 2.24) is 9.88 Å². The van der Waals surface area contributed by atoms with Crippen LogP contribution in [0.4, 0.5) is 24.5 Å². The smallest absolute Gasteiger partial charge is 0.405 e. The van der Waals surface area contributed by atoms with Crippen LogP contribution in [0.15, 0.2) is 71.5 Å². The maximum absolute atomic E-state index is 13.6. The maximum Gasteiger partial charge on any atom is 0.413 e. The highest BCUT2D eigenvalue weighted by Crippen LogP contribution is 2.32. The number of pyridine rings is 1. The molecule has 0 amide bonds. The molecular formula is C26H31F3N6O. The molecule has 1 aromatic heterocycles. The number of aromatic nitrogens is 1. The highest BCUT2D eigenvalue weighted by atomic mass is 19.4. The number of rotatable bonds is 6. The van der Waals surface area contributed by atoms with Crippen molar-refractivity contribution in [2.75, 3.05) is 43.5 Å². The minimum Gasteiger partial charge on any atom is -0.405 e. The number of nitrogens with two attached hydrogens (primary N) is 1. The molecule has 0 bridgehead atoms. The number of halogens is 3. The summed E-state index contributed by atoms with van der Waals surface area (Å²) in [7, 11) is 1.90. The Morgan fingerprint density at radius 3 is 2.75 bits per heavy atom. The number of alkyl halides is 3. The molecule has 0 saturated carbocycles. The van der Waals surface area contributed by atoms with Crippen LogP contribution in [0.2, 0.25) is 0 Å². The van der Waals surface area contributed by atoms with Crippen LogP contribution in [0.3, 0.4) is 0 Å². The molecule has 0 spiro atoms. The molecule has 2 aliphatic heterocycles. The topological polar surface area (TPSA) is 79.0 Å². The Bertz CT molecular complexity index is 1130. The van der Waals surface area contributed by atoms with E-state index in [1.54, 1.807) is 6.07 Å². The largest absolute Gasteiger partial charge is 0.413 e. The number of hydrogen-bond acceptors (Lipinski definition) is 7. The summed E-state index contributed by atoms with van der Waals surface area (Å²) in [6.45, 7) is 4.94. The summed E-state index contributed by atoms with van der Waals surface area (Å²) in [6, 6.07) is 11.4. The van der Waals surface area contributed by atoms with Gasteiger partial charge in [-0.05, 0) is 43.0 Å². The molecule has 0 aliphatic carbocycles. The van der Waals surface area contributed by atoms with Gasteiger partial charge in [-0.2, -0.15) is 13.2 Å². The fraction of sp³-hybridized carbons (Fsp3) is 0.385. The summed E-state index contributed by atoms with van der Waals surface area (Å²) >= 11 is 0. The average molecular weight is 501 g/mol. The first-order valence-electron chi connectivity index (χ1n) is 11.8. The zero-order valence-corrected chi connectivity index (χ0v) is 20.4. The average Bonchev–Trinajstić information content (AvgIpc) is 2.84. The number of benzene rings is 1. The zero-order valence-electron chi connectivity index (χ0n) is 20.4. The van der Waals surface area contributed by atoms with Gasteiger partial charge in [0.05, 0.1) is 18.4 Å². The zero-order chi connectivity index (χ0) is 25.7. The van der Waals surface area contributed by atoms with Crippen molar-refractivity contribution in [1.29, 1.82) is 0 Å². The van der Waals surface area contributed by atoms with Crippen molar-refractivity contribution < 1.29 is 17.9 Å². The lowest BCUT2D eigenvalue weighted by Gasteiger charge is -2.38. The van der Waals surface area contributed by atoms with Crippen LogP contribution in [-0.2, 0) is 11.2 Å². The van der Waals surface area contributed by atoms with Gasteiger partial charge < -0.3 is 20.7 Å². The van der Waals surface area contributed by atoms with Crippen molar-refractivity contribution in [2.45, 2.75) is 31.8 Å². The van der Waals surface area contributed by atoms with Crippen LogP contribution >= 0.6 is 0 Å². The highest BCUT2D eigenvalue weighted by Gasteiger charge is 2.34. The number of ether oxygens (including phenoxy) is 1. The Balaban J connectivity index is 1.67. The Morgan fingerprint density at radius 1 is 1.28 bits per heavy atom. The van der Waals surface area contributed by atoms with E-state index < -0.39 is 11.7 Å². The predicted octanol–water partition coefficient (Wildman–Crippen LogP) is 3.94. The third-order valence-electron chi connectivity index (χ3n) is 6.20. The van der Waals surface area contributed by atoms with Crippen molar-refractivity contribution in [3.8, 4) is 0 Å². The third kappa shape index (κ3) is 6.24. The monoisotopic (exact) mass is 500 g/mol. The number of aliphatic imine (C=N–C) groups is 1. The van der Waals surface area contributed by atoms with Crippen molar-refractivity contribution >= 4 is 17.2 Å². The lowest BCUT2D eigenvalue weighted by atomic mass is 10.0. The highest BCUT2D eigenvalue weighted by molar-refractivity contribution is 6.11. The standard InChI is InChI=1S/C26H31F3N6O/c1-18-16-35(11-12-36-18)17-23-33-25(32-21-8-4-3-5-9-21)24-22(34(23)2)14-19(15-31-24)13-20(7-6-10-30)26(27,28)29/h3-10,14-15,18,23H,11-13,16-17,30H2,1-2H3,(H,32,33)/b10-6-,20-7+/t18-,23?/m0/s1. The Morgan fingerprint density at radius 2 is 2.06 bits per heavy atom. The second-order valence-electron chi connectivity index (χ2n) is 8.96. The van der Waals surface area contributed by atoms with Crippen LogP contribution in [0.5, 0.6) is 0 Å². The quantitative estimate of drug-likeness (QED) is 0.585. The van der Waals surface area contributed by atoms with Crippen molar-refractivity contribution in [3.63, 3.8) is 0 Å². The van der Waals surface area contributed by atoms with Gasteiger partial charge in [-0.3, -0.25) is 9.88 Å². The minimum atomic E-state index is -4.47. The van der Waals surface area contributed by atoms with Gasteiger partial charge in [0.1, 0.15) is 11.9 Å². The van der Waals surface area contributed by atoms with Crippen LogP contribution in [0.25, 0.3) is 0 Å². The number of nitrogens with zero attached hydrogens (tertiary/aromatic N) is 4. The SMILES string of the molecule is C[C@H]1CN(CC2N=C(Nc3ccccc3)c3ncc(C/C(=C\C=C/N)C(F)(F)F)cc3N2C)CCO1. The second-order valence-corrected chi connectivity index (χ2v) is 8.96. The normalized spacial score (nSPS) is 21.4. The van der Waals surface area contributed by atoms with E-state index in [2.05, 4.69) is 15.2 Å². The number of fused-ring (bicyclic) bond motifs is 1. The van der Waals surface area contributed by atoms with Gasteiger partial charge in [-0.15, -0.1) is 0 Å². The molecule has 1 unspecified atom stereocenters. The number of allylic oxidation sites excluding steroid dienone is 3. The van der Waals surface area contributed by atoms with E-state index in [1.165, 1.54) is 12.3 Å². The Labute approximate surface area is 209 Å². The van der Waals surface area contributed by atoms with Gasteiger partial charge in [0.2, 0.25) is 0 Å². The predicted molar refractivity (Wildman–Crippen MR) is 136 cm³/mol. The van der Waals surface area contributed by atoms with Gasteiger partial charge >= 0.3 is 6.18 Å². The van der Waals surface area contributed by atoms with E-state index >= 15 is 0 Å². The molecule has 2 aromatic rings. The molecule has 36 heavy (non-hydrogen) atoms. The number of para-hydroxylation sites is 1. The number of likely N-dealkylation sites (N-methyl/N-ethyl adjacent to an activating group) is 1. The van der Waals surface area contributed by atoms with E-state index in [4.69, 9.17) is 15.5 Å². The van der Waals surface area contributed by atoms with Crippen LogP contribution in [-0.4, -0.2) is 67.5 Å². The van der Waals surface area contributed by atoms with Gasteiger partial charge in [0, 0.05) is 50.6 Å². The van der Waals surface area contributed by atoms with Gasteiger partial charge in [0.25, 0.3) is 0 Å². The van der Waals surface area contributed by atoms with E-state index in [9.17, 15) is 13.2 Å². The second kappa shape index (κ2) is 11.1. The summed E-state index contributed by atoms with van der Waals surface area (Å²) in [5.41, 5.74) is 7.19. The summed E-state index contributed by atoms with van der Waals surface area (Å²) in [6.07, 6.45) is -0.156. The van der Waals surface area contributed by atoms with Crippen molar-refractivity contribution in [3.05, 3.63) is 77.8 Å². The van der Waals surface area contributed by atoms with Gasteiger partial charge in [0.15, 0.2) is 5.84 Å². The lowest BCUT2D eigenvalue weighted by Crippen LogP contribution is -2.50. The van der Waals surface area contributed by atoms with Crippen LogP contribution in [0.1, 0.15) is 18.2 Å². The summed E-state index contributed by atoms with van der Waals surface area (Å²) < 4.78 is 46.4. The van der Waals surface area contributed by atoms with Gasteiger partial charge in [-0.1, -0.05) is 24.3 Å². The molecule has 2 aliphatic rings. The molecular weight excluding hydrogens is 469 g/mol. The number of morpholine rings is 1. The van der Waals surface area contributed by atoms with E-state index in [0.29, 0.717) is 30.2 Å². The first kappa shape index (κ1) is 25.7. The van der Waals surface area contributed by atoms with E-state index in [-0.39, 0.29) is 18.7 Å². The van der Waals surface area contributed by atoms with Crippen LogP contribution in [0, 0.1) is 0 Å². The molecule has 1 saturated heterocycles. The number of hydrogen-bond donors (Lipinski definition) is 2. The minimum absolute atomic E-state index is 0.134. The molecule has 7 nitrogen and oxygen atoms in total. The Hall–Kier alpha value is -3.37. The third-order valence-corrected chi connectivity index (χ3v) is 6.20. The molecule has 1 aromatic carbocycles.